The van der Waals surface area contributed by atoms with Crippen LogP contribution >= 0.6 is 0 Å². The highest BCUT2D eigenvalue weighted by atomic mass is 16.1. The number of nitrogens with zero attached hydrogens (tertiary/aromatic N) is 1. The van der Waals surface area contributed by atoms with Gasteiger partial charge >= 0.3 is 0 Å². The Morgan fingerprint density at radius 1 is 1.47 bits per heavy atom. The molecule has 0 aliphatic rings. The molecule has 0 aliphatic carbocycles. The number of nitriles is 1. The standard InChI is InChI=1S/C15H19NO/c1-5-15(3,4)14(17)13(10-16)12-8-6-7-11(2)9-12/h6-9,13H,5H2,1-4H3. The molecule has 17 heavy (non-hydrogen) atoms. The van der Waals surface area contributed by atoms with E-state index in [0.29, 0.717) is 0 Å². The van der Waals surface area contributed by atoms with E-state index in [0.717, 1.165) is 17.5 Å². The number of ketones is 1. The molecule has 0 saturated heterocycles. The van der Waals surface area contributed by atoms with Gasteiger partial charge in [0.05, 0.1) is 6.07 Å². The Hall–Kier alpha value is -1.62. The fraction of sp³-hybridized carbons (Fsp3) is 0.467. The van der Waals surface area contributed by atoms with E-state index < -0.39 is 11.3 Å². The Balaban J connectivity index is 3.10. The highest BCUT2D eigenvalue weighted by molar-refractivity contribution is 5.92. The fourth-order valence-corrected chi connectivity index (χ4v) is 1.70. The zero-order valence-corrected chi connectivity index (χ0v) is 10.9. The molecule has 1 unspecified atom stereocenters. The quantitative estimate of drug-likeness (QED) is 0.791. The predicted octanol–water partition coefficient (Wildman–Crippen LogP) is 3.61. The van der Waals surface area contributed by atoms with E-state index in [1.54, 1.807) is 0 Å². The summed E-state index contributed by atoms with van der Waals surface area (Å²) in [7, 11) is 0. The zero-order valence-electron chi connectivity index (χ0n) is 10.9. The van der Waals surface area contributed by atoms with Crippen molar-refractivity contribution in [2.24, 2.45) is 5.41 Å². The molecule has 0 radical (unpaired) electrons. The Morgan fingerprint density at radius 3 is 2.59 bits per heavy atom. The molecule has 2 heteroatoms. The lowest BCUT2D eigenvalue weighted by atomic mass is 9.77. The van der Waals surface area contributed by atoms with E-state index in [4.69, 9.17) is 0 Å². The number of Topliss-reactive ketones (excluding diaryl/α,β-unsaturated/α-hetero) is 1. The first-order valence-corrected chi connectivity index (χ1v) is 5.93. The number of benzene rings is 1. The first kappa shape index (κ1) is 13.4. The van der Waals surface area contributed by atoms with Gasteiger partial charge in [-0.05, 0) is 18.9 Å². The summed E-state index contributed by atoms with van der Waals surface area (Å²) < 4.78 is 0. The number of aryl methyl sites for hydroxylation is 1. The summed E-state index contributed by atoms with van der Waals surface area (Å²) in [5, 5.41) is 9.23. The third kappa shape index (κ3) is 2.94. The number of hydrogen-bond donors (Lipinski definition) is 0. The average Bonchev–Trinajstić information content (AvgIpc) is 2.30. The summed E-state index contributed by atoms with van der Waals surface area (Å²) in [6.45, 7) is 7.74. The van der Waals surface area contributed by atoms with E-state index in [1.807, 2.05) is 52.0 Å². The third-order valence-electron chi connectivity index (χ3n) is 3.32. The average molecular weight is 229 g/mol. The lowest BCUT2D eigenvalue weighted by Crippen LogP contribution is -2.28. The van der Waals surface area contributed by atoms with Crippen LogP contribution in [0, 0.1) is 23.7 Å². The van der Waals surface area contributed by atoms with Crippen molar-refractivity contribution in [3.05, 3.63) is 35.4 Å². The van der Waals surface area contributed by atoms with Gasteiger partial charge in [-0.15, -0.1) is 0 Å². The molecule has 0 N–H and O–H groups in total. The number of carbonyl (C=O) groups is 1. The van der Waals surface area contributed by atoms with Crippen molar-refractivity contribution in [3.8, 4) is 6.07 Å². The lowest BCUT2D eigenvalue weighted by molar-refractivity contribution is -0.127. The third-order valence-corrected chi connectivity index (χ3v) is 3.32. The summed E-state index contributed by atoms with van der Waals surface area (Å²) in [5.41, 5.74) is 1.44. The van der Waals surface area contributed by atoms with E-state index in [9.17, 15) is 10.1 Å². The van der Waals surface area contributed by atoms with Gasteiger partial charge in [-0.3, -0.25) is 4.79 Å². The molecule has 0 spiro atoms. The molecule has 0 amide bonds. The van der Waals surface area contributed by atoms with Crippen molar-refractivity contribution >= 4 is 5.78 Å². The fourth-order valence-electron chi connectivity index (χ4n) is 1.70. The van der Waals surface area contributed by atoms with Crippen molar-refractivity contribution in [3.63, 3.8) is 0 Å². The summed E-state index contributed by atoms with van der Waals surface area (Å²) in [5.74, 6) is -0.641. The summed E-state index contributed by atoms with van der Waals surface area (Å²) in [4.78, 5) is 12.3. The monoisotopic (exact) mass is 229 g/mol. The van der Waals surface area contributed by atoms with E-state index in [2.05, 4.69) is 6.07 Å². The van der Waals surface area contributed by atoms with Gasteiger partial charge in [0.2, 0.25) is 0 Å². The van der Waals surface area contributed by atoms with Crippen molar-refractivity contribution < 1.29 is 4.79 Å². The normalized spacial score (nSPS) is 12.9. The van der Waals surface area contributed by atoms with Crippen molar-refractivity contribution in [1.82, 2.24) is 0 Å². The Labute approximate surface area is 103 Å². The second kappa shape index (κ2) is 5.14. The maximum Gasteiger partial charge on any atom is 0.160 e. The smallest absolute Gasteiger partial charge is 0.160 e. The van der Waals surface area contributed by atoms with Crippen LogP contribution in [0.4, 0.5) is 0 Å². The number of rotatable bonds is 4. The molecule has 1 aromatic rings. The largest absolute Gasteiger partial charge is 0.297 e. The van der Waals surface area contributed by atoms with Crippen LogP contribution in [0.15, 0.2) is 24.3 Å². The van der Waals surface area contributed by atoms with Crippen LogP contribution in [-0.2, 0) is 4.79 Å². The van der Waals surface area contributed by atoms with Crippen LogP contribution in [0.5, 0.6) is 0 Å². The van der Waals surface area contributed by atoms with Crippen molar-refractivity contribution in [1.29, 1.82) is 5.26 Å². The van der Waals surface area contributed by atoms with Crippen LogP contribution in [0.2, 0.25) is 0 Å². The van der Waals surface area contributed by atoms with Gasteiger partial charge in [0, 0.05) is 5.41 Å². The minimum absolute atomic E-state index is 0.00750. The first-order chi connectivity index (χ1) is 7.92. The Kier molecular flexibility index (Phi) is 4.07. The van der Waals surface area contributed by atoms with Gasteiger partial charge < -0.3 is 0 Å². The number of carbonyl (C=O) groups excluding carboxylic acids is 1. The van der Waals surface area contributed by atoms with Gasteiger partial charge in [0.15, 0.2) is 5.78 Å². The van der Waals surface area contributed by atoms with Crippen molar-refractivity contribution in [2.75, 3.05) is 0 Å². The molecule has 0 saturated carbocycles. The molecule has 0 aliphatic heterocycles. The molecule has 1 aromatic carbocycles. The summed E-state index contributed by atoms with van der Waals surface area (Å²) in [6.07, 6.45) is 0.746. The molecule has 0 fully saturated rings. The maximum absolute atomic E-state index is 12.3. The molecular formula is C15H19NO. The molecule has 90 valence electrons. The summed E-state index contributed by atoms with van der Waals surface area (Å²) in [6, 6.07) is 9.76. The Bertz CT molecular complexity index is 454. The number of hydrogen-bond acceptors (Lipinski definition) is 2. The molecule has 1 rings (SSSR count). The van der Waals surface area contributed by atoms with Crippen LogP contribution in [0.25, 0.3) is 0 Å². The minimum atomic E-state index is -0.648. The van der Waals surface area contributed by atoms with Gasteiger partial charge in [-0.25, -0.2) is 0 Å². The molecule has 0 bridgehead atoms. The Morgan fingerprint density at radius 2 is 2.12 bits per heavy atom. The van der Waals surface area contributed by atoms with Gasteiger partial charge in [-0.1, -0.05) is 50.6 Å². The van der Waals surface area contributed by atoms with E-state index in [-0.39, 0.29) is 5.78 Å². The maximum atomic E-state index is 12.3. The minimum Gasteiger partial charge on any atom is -0.297 e. The van der Waals surface area contributed by atoms with E-state index >= 15 is 0 Å². The highest BCUT2D eigenvalue weighted by Crippen LogP contribution is 2.30. The summed E-state index contributed by atoms with van der Waals surface area (Å²) >= 11 is 0. The van der Waals surface area contributed by atoms with E-state index in [1.165, 1.54) is 0 Å². The first-order valence-electron chi connectivity index (χ1n) is 5.93. The zero-order chi connectivity index (χ0) is 13.1. The molecular weight excluding hydrogens is 210 g/mol. The van der Waals surface area contributed by atoms with Gasteiger partial charge in [-0.2, -0.15) is 5.26 Å². The molecule has 0 heterocycles. The SMILES string of the molecule is CCC(C)(C)C(=O)C(C#N)c1cccc(C)c1. The highest BCUT2D eigenvalue weighted by Gasteiger charge is 2.33. The van der Waals surface area contributed by atoms with Crippen molar-refractivity contribution in [2.45, 2.75) is 40.0 Å². The van der Waals surface area contributed by atoms with Gasteiger partial charge in [0.25, 0.3) is 0 Å². The van der Waals surface area contributed by atoms with Gasteiger partial charge in [0.1, 0.15) is 5.92 Å². The molecule has 2 nitrogen and oxygen atoms in total. The topological polar surface area (TPSA) is 40.9 Å². The lowest BCUT2D eigenvalue weighted by Gasteiger charge is -2.24. The second-order valence-corrected chi connectivity index (χ2v) is 5.08. The van der Waals surface area contributed by atoms with Crippen LogP contribution in [0.1, 0.15) is 44.2 Å². The van der Waals surface area contributed by atoms with Crippen LogP contribution < -0.4 is 0 Å². The molecule has 0 aromatic heterocycles. The predicted molar refractivity (Wildman–Crippen MR) is 68.6 cm³/mol. The second-order valence-electron chi connectivity index (χ2n) is 5.08. The van der Waals surface area contributed by atoms with Crippen LogP contribution in [0.3, 0.4) is 0 Å². The molecule has 1 atom stereocenters. The van der Waals surface area contributed by atoms with Crippen LogP contribution in [-0.4, -0.2) is 5.78 Å².